The van der Waals surface area contributed by atoms with Gasteiger partial charge in [-0.3, -0.25) is 8.37 Å². The van der Waals surface area contributed by atoms with Crippen LogP contribution in [0.1, 0.15) is 13.8 Å². The van der Waals surface area contributed by atoms with Gasteiger partial charge in [0.25, 0.3) is 0 Å². The summed E-state index contributed by atoms with van der Waals surface area (Å²) in [6.45, 7) is 5.29. The summed E-state index contributed by atoms with van der Waals surface area (Å²) in [6.07, 6.45) is 0. The van der Waals surface area contributed by atoms with Crippen LogP contribution in [-0.4, -0.2) is 22.9 Å². The molecule has 1 atom stereocenters. The molecule has 0 saturated carbocycles. The van der Waals surface area contributed by atoms with Crippen molar-refractivity contribution in [3.05, 3.63) is 48.5 Å². The standard InChI is InChI=1S/C14H13N2.C3H8O3S/c1-2-16-13-9-5-3-7-11(13)15-12-8-4-6-10-14(12)16;1-3-6-7(4)5-2/h3-10H,2H2,1H3;3H2,1-2H3/q+1;. The minimum Gasteiger partial charge on any atom is -0.272 e. The third-order valence-electron chi connectivity index (χ3n) is 3.25. The Morgan fingerprint density at radius 3 is 1.91 bits per heavy atom. The van der Waals surface area contributed by atoms with Crippen molar-refractivity contribution >= 4 is 33.4 Å². The van der Waals surface area contributed by atoms with Gasteiger partial charge in [-0.1, -0.05) is 24.3 Å². The molecule has 6 heteroatoms. The number of benzene rings is 2. The molecule has 0 bridgehead atoms. The molecule has 3 rings (SSSR count). The maximum atomic E-state index is 10.1. The van der Waals surface area contributed by atoms with Crippen LogP contribution in [0.3, 0.4) is 0 Å². The molecule has 122 valence electrons. The minimum absolute atomic E-state index is 0.417. The minimum atomic E-state index is -1.53. The van der Waals surface area contributed by atoms with Crippen LogP contribution in [0.2, 0.25) is 0 Å². The normalized spacial score (nSPS) is 12.0. The lowest BCUT2D eigenvalue weighted by atomic mass is 10.2. The number of nitrogens with zero attached hydrogens (tertiary/aromatic N) is 2. The Morgan fingerprint density at radius 1 is 1.00 bits per heavy atom. The van der Waals surface area contributed by atoms with Crippen LogP contribution >= 0.6 is 0 Å². The molecular formula is C17H21N2O3S+. The Kier molecular flexibility index (Phi) is 6.58. The van der Waals surface area contributed by atoms with Gasteiger partial charge in [-0.2, -0.15) is 8.78 Å². The second-order valence-electron chi connectivity index (χ2n) is 4.61. The predicted octanol–water partition coefficient (Wildman–Crippen LogP) is 2.94. The van der Waals surface area contributed by atoms with Crippen molar-refractivity contribution in [3.63, 3.8) is 0 Å². The molecule has 0 fully saturated rings. The van der Waals surface area contributed by atoms with Crippen molar-refractivity contribution < 1.29 is 17.1 Å². The van der Waals surface area contributed by atoms with Crippen LogP contribution in [0.15, 0.2) is 48.5 Å². The number of hydrogen-bond donors (Lipinski definition) is 0. The summed E-state index contributed by atoms with van der Waals surface area (Å²) in [6, 6.07) is 16.6. The van der Waals surface area contributed by atoms with E-state index in [0.717, 1.165) is 17.6 Å². The van der Waals surface area contributed by atoms with Gasteiger partial charge < -0.3 is 0 Å². The summed E-state index contributed by atoms with van der Waals surface area (Å²) < 4.78 is 21.1. The van der Waals surface area contributed by atoms with Crippen LogP contribution in [-0.2, 0) is 26.3 Å². The van der Waals surface area contributed by atoms with Gasteiger partial charge in [0.2, 0.25) is 11.0 Å². The molecule has 0 aliphatic carbocycles. The highest BCUT2D eigenvalue weighted by molar-refractivity contribution is 7.75. The number of rotatable bonds is 4. The first kappa shape index (κ1) is 17.5. The average molecular weight is 333 g/mol. The second kappa shape index (κ2) is 8.67. The Hall–Kier alpha value is -1.89. The zero-order valence-corrected chi connectivity index (χ0v) is 14.4. The summed E-state index contributed by atoms with van der Waals surface area (Å²) >= 11 is -1.53. The zero-order chi connectivity index (χ0) is 16.7. The number of aromatic nitrogens is 2. The molecule has 1 aromatic heterocycles. The molecule has 3 aromatic rings. The van der Waals surface area contributed by atoms with Crippen LogP contribution < -0.4 is 4.57 Å². The molecule has 5 nitrogen and oxygen atoms in total. The van der Waals surface area contributed by atoms with Gasteiger partial charge in [0, 0.05) is 12.1 Å². The summed E-state index contributed by atoms with van der Waals surface area (Å²) in [5.74, 6) is 0. The van der Waals surface area contributed by atoms with Crippen LogP contribution in [0, 0.1) is 0 Å². The summed E-state index contributed by atoms with van der Waals surface area (Å²) in [5, 5.41) is 0. The molecule has 1 unspecified atom stereocenters. The van der Waals surface area contributed by atoms with Gasteiger partial charge in [0.15, 0.2) is 0 Å². The first-order valence-corrected chi connectivity index (χ1v) is 8.48. The van der Waals surface area contributed by atoms with Crippen molar-refractivity contribution in [1.29, 1.82) is 0 Å². The lowest BCUT2D eigenvalue weighted by Gasteiger charge is -2.02. The van der Waals surface area contributed by atoms with Gasteiger partial charge in [-0.05, 0) is 26.0 Å². The zero-order valence-electron chi connectivity index (χ0n) is 13.6. The van der Waals surface area contributed by atoms with Crippen molar-refractivity contribution in [2.24, 2.45) is 0 Å². The van der Waals surface area contributed by atoms with E-state index in [1.54, 1.807) is 6.92 Å². The monoisotopic (exact) mass is 333 g/mol. The molecule has 0 radical (unpaired) electrons. The molecule has 0 amide bonds. The van der Waals surface area contributed by atoms with Crippen LogP contribution in [0.5, 0.6) is 0 Å². The Bertz CT molecular complexity index is 754. The summed E-state index contributed by atoms with van der Waals surface area (Å²) in [5.41, 5.74) is 4.51. The first-order valence-electron chi connectivity index (χ1n) is 7.48. The molecule has 1 heterocycles. The van der Waals surface area contributed by atoms with E-state index >= 15 is 0 Å². The van der Waals surface area contributed by atoms with Gasteiger partial charge in [-0.15, -0.1) is 0 Å². The van der Waals surface area contributed by atoms with E-state index in [1.165, 1.54) is 18.1 Å². The second-order valence-corrected chi connectivity index (χ2v) is 5.59. The highest BCUT2D eigenvalue weighted by atomic mass is 32.2. The molecule has 2 aromatic carbocycles. The van der Waals surface area contributed by atoms with Gasteiger partial charge in [-0.25, -0.2) is 4.98 Å². The molecule has 0 aliphatic rings. The van der Waals surface area contributed by atoms with E-state index in [-0.39, 0.29) is 0 Å². The Labute approximate surface area is 138 Å². The fraction of sp³-hybridized carbons (Fsp3) is 0.294. The van der Waals surface area contributed by atoms with Crippen molar-refractivity contribution in [2.75, 3.05) is 13.7 Å². The SMILES string of the molecule is CCOS(=O)OC.CC[n+]1c2ccccc2nc2ccccc21. The van der Waals surface area contributed by atoms with Crippen molar-refractivity contribution in [1.82, 2.24) is 4.98 Å². The lowest BCUT2D eigenvalue weighted by Crippen LogP contribution is -2.34. The quantitative estimate of drug-likeness (QED) is 0.544. The number of fused-ring (bicyclic) bond motifs is 2. The van der Waals surface area contributed by atoms with E-state index in [4.69, 9.17) is 0 Å². The smallest absolute Gasteiger partial charge is 0.272 e. The Balaban J connectivity index is 0.000000236. The first-order chi connectivity index (χ1) is 11.2. The van der Waals surface area contributed by atoms with Gasteiger partial charge in [0.1, 0.15) is 17.6 Å². The fourth-order valence-corrected chi connectivity index (χ4v) is 2.61. The number of aryl methyl sites for hydroxylation is 1. The summed E-state index contributed by atoms with van der Waals surface area (Å²) in [4.78, 5) is 4.67. The predicted molar refractivity (Wildman–Crippen MR) is 91.9 cm³/mol. The van der Waals surface area contributed by atoms with E-state index in [2.05, 4.69) is 61.2 Å². The molecule has 0 aliphatic heterocycles. The maximum Gasteiger partial charge on any atom is 0.304 e. The van der Waals surface area contributed by atoms with E-state index in [9.17, 15) is 4.21 Å². The van der Waals surface area contributed by atoms with Crippen LogP contribution in [0.4, 0.5) is 0 Å². The van der Waals surface area contributed by atoms with E-state index < -0.39 is 11.4 Å². The van der Waals surface area contributed by atoms with Gasteiger partial charge >= 0.3 is 11.4 Å². The highest BCUT2D eigenvalue weighted by Crippen LogP contribution is 2.13. The number of para-hydroxylation sites is 4. The van der Waals surface area contributed by atoms with Crippen molar-refractivity contribution in [3.8, 4) is 0 Å². The molecule has 0 spiro atoms. The molecule has 0 N–H and O–H groups in total. The Morgan fingerprint density at radius 2 is 1.52 bits per heavy atom. The molecule has 23 heavy (non-hydrogen) atoms. The maximum absolute atomic E-state index is 10.1. The molecular weight excluding hydrogens is 312 g/mol. The van der Waals surface area contributed by atoms with Crippen molar-refractivity contribution in [2.45, 2.75) is 20.4 Å². The molecule has 0 saturated heterocycles. The van der Waals surface area contributed by atoms with Crippen LogP contribution in [0.25, 0.3) is 22.1 Å². The van der Waals surface area contributed by atoms with E-state index in [0.29, 0.717) is 6.61 Å². The summed E-state index contributed by atoms with van der Waals surface area (Å²) in [7, 11) is 1.33. The highest BCUT2D eigenvalue weighted by Gasteiger charge is 2.13. The lowest BCUT2D eigenvalue weighted by molar-refractivity contribution is -0.641. The third kappa shape index (κ3) is 4.31. The van der Waals surface area contributed by atoms with Gasteiger partial charge in [0.05, 0.1) is 13.7 Å². The van der Waals surface area contributed by atoms with E-state index in [1.807, 2.05) is 12.1 Å². The number of hydrogen-bond acceptors (Lipinski definition) is 4. The largest absolute Gasteiger partial charge is 0.304 e. The average Bonchev–Trinajstić information content (AvgIpc) is 2.60. The fourth-order valence-electron chi connectivity index (χ4n) is 2.32. The third-order valence-corrected chi connectivity index (χ3v) is 3.95. The topological polar surface area (TPSA) is 52.3 Å².